The Morgan fingerprint density at radius 2 is 1.57 bits per heavy atom. The molecule has 3 aromatic carbocycles. The van der Waals surface area contributed by atoms with Crippen molar-refractivity contribution in [2.24, 2.45) is 0 Å². The van der Waals surface area contributed by atoms with Crippen LogP contribution in [-0.4, -0.2) is 32.1 Å². The number of hydrogen-bond acceptors (Lipinski definition) is 5. The molecule has 0 aliphatic carbocycles. The number of halogens is 4. The molecule has 0 bridgehead atoms. The van der Waals surface area contributed by atoms with E-state index in [9.17, 15) is 31.2 Å². The fraction of sp³-hybridized carbons (Fsp3) is 0.286. The highest BCUT2D eigenvalue weighted by molar-refractivity contribution is 7.91. The molecule has 3 aromatic rings. The molecule has 0 radical (unpaired) electrons. The van der Waals surface area contributed by atoms with Crippen LogP contribution in [0.2, 0.25) is 5.02 Å². The maximum absolute atomic E-state index is 13.4. The van der Waals surface area contributed by atoms with Crippen molar-refractivity contribution in [1.82, 2.24) is 10.6 Å². The Balaban J connectivity index is 1.78. The van der Waals surface area contributed by atoms with E-state index in [2.05, 4.69) is 10.6 Å². The van der Waals surface area contributed by atoms with Gasteiger partial charge < -0.3 is 15.4 Å². The average molecular weight is 597 g/mol. The number of nitrogens with one attached hydrogen (secondary N) is 2. The summed E-state index contributed by atoms with van der Waals surface area (Å²) in [6, 6.07) is 13.6. The molecule has 0 fully saturated rings. The maximum atomic E-state index is 13.4. The first-order valence-corrected chi connectivity index (χ1v) is 14.3. The molecule has 0 heterocycles. The fourth-order valence-corrected chi connectivity index (χ4v) is 4.76. The number of hydrogen-bond donors (Lipinski definition) is 2. The third-order valence-corrected chi connectivity index (χ3v) is 7.77. The summed E-state index contributed by atoms with van der Waals surface area (Å²) in [5.74, 6) is -1.13. The molecule has 0 saturated carbocycles. The predicted molar refractivity (Wildman–Crippen MR) is 145 cm³/mol. The zero-order valence-corrected chi connectivity index (χ0v) is 23.5. The summed E-state index contributed by atoms with van der Waals surface area (Å²) in [6.07, 6.45) is -4.99. The monoisotopic (exact) mass is 596 g/mol. The van der Waals surface area contributed by atoms with Crippen molar-refractivity contribution in [3.05, 3.63) is 93.5 Å². The first-order chi connectivity index (χ1) is 18.7. The Labute approximate surface area is 235 Å². The second-order valence-corrected chi connectivity index (χ2v) is 11.8. The molecule has 0 aromatic heterocycles. The largest absolute Gasteiger partial charge is 0.490 e. The summed E-state index contributed by atoms with van der Waals surface area (Å²) in [4.78, 5) is 26.1. The van der Waals surface area contributed by atoms with E-state index in [1.54, 1.807) is 32.9 Å². The van der Waals surface area contributed by atoms with Gasteiger partial charge in [-0.3, -0.25) is 9.59 Å². The SMILES string of the molecule is CCS(=O)(=O)c1ccc(CNC(=O)c2ccc(OC(C)C)c(C(=O)NCc3ccc(Cl)cc3C(F)(F)F)c2)cc1. The van der Waals surface area contributed by atoms with Gasteiger partial charge in [-0.1, -0.05) is 36.7 Å². The minimum absolute atomic E-state index is 0.0291. The van der Waals surface area contributed by atoms with Crippen LogP contribution in [-0.2, 0) is 29.1 Å². The normalized spacial score (nSPS) is 11.8. The van der Waals surface area contributed by atoms with E-state index in [0.717, 1.165) is 6.07 Å². The molecule has 0 aliphatic rings. The summed E-state index contributed by atoms with van der Waals surface area (Å²) < 4.78 is 70.0. The summed E-state index contributed by atoms with van der Waals surface area (Å²) >= 11 is 5.73. The van der Waals surface area contributed by atoms with Crippen molar-refractivity contribution in [1.29, 1.82) is 0 Å². The van der Waals surface area contributed by atoms with Crippen LogP contribution in [0.25, 0.3) is 0 Å². The zero-order valence-electron chi connectivity index (χ0n) is 21.9. The lowest BCUT2D eigenvalue weighted by molar-refractivity contribution is -0.138. The Bertz CT molecular complexity index is 1490. The average Bonchev–Trinajstić information content (AvgIpc) is 2.90. The highest BCUT2D eigenvalue weighted by Crippen LogP contribution is 2.34. The third kappa shape index (κ3) is 7.98. The van der Waals surface area contributed by atoms with Gasteiger partial charge >= 0.3 is 6.18 Å². The number of rotatable bonds is 10. The van der Waals surface area contributed by atoms with Crippen molar-refractivity contribution in [2.75, 3.05) is 5.75 Å². The van der Waals surface area contributed by atoms with Crippen LogP contribution >= 0.6 is 11.6 Å². The quantitative estimate of drug-likeness (QED) is 0.308. The van der Waals surface area contributed by atoms with E-state index in [1.165, 1.54) is 42.5 Å². The lowest BCUT2D eigenvalue weighted by Gasteiger charge is -2.17. The van der Waals surface area contributed by atoms with Crippen molar-refractivity contribution in [3.8, 4) is 5.75 Å². The number of amides is 2. The summed E-state index contributed by atoms with van der Waals surface area (Å²) in [7, 11) is -3.35. The van der Waals surface area contributed by atoms with Crippen LogP contribution < -0.4 is 15.4 Å². The van der Waals surface area contributed by atoms with E-state index in [4.69, 9.17) is 16.3 Å². The minimum atomic E-state index is -4.67. The highest BCUT2D eigenvalue weighted by atomic mass is 35.5. The molecular weight excluding hydrogens is 569 g/mol. The summed E-state index contributed by atoms with van der Waals surface area (Å²) in [5, 5.41) is 5.08. The van der Waals surface area contributed by atoms with E-state index in [-0.39, 0.29) is 50.8 Å². The molecule has 0 saturated heterocycles. The fourth-order valence-electron chi connectivity index (χ4n) is 3.71. The van der Waals surface area contributed by atoms with Crippen molar-refractivity contribution < 1.29 is 35.9 Å². The second-order valence-electron chi connectivity index (χ2n) is 9.09. The molecule has 0 unspecified atom stereocenters. The maximum Gasteiger partial charge on any atom is 0.416 e. The van der Waals surface area contributed by atoms with Gasteiger partial charge in [-0.2, -0.15) is 13.2 Å². The standard InChI is InChI=1S/C28H28ClF3N2O5S/c1-4-40(37,38)22-10-5-18(6-11-22)15-33-26(35)19-8-12-25(39-17(2)3)23(13-19)27(36)34-16-20-7-9-21(29)14-24(20)28(30,31)32/h5-14,17H,4,15-16H2,1-3H3,(H,33,35)(H,34,36). The van der Waals surface area contributed by atoms with Crippen LogP contribution in [0.1, 0.15) is 58.2 Å². The number of ether oxygens (including phenoxy) is 1. The van der Waals surface area contributed by atoms with Crippen molar-refractivity contribution in [2.45, 2.75) is 51.0 Å². The molecule has 0 atom stereocenters. The molecule has 214 valence electrons. The van der Waals surface area contributed by atoms with Gasteiger partial charge in [0, 0.05) is 23.7 Å². The Morgan fingerprint density at radius 3 is 2.17 bits per heavy atom. The molecule has 0 aliphatic heterocycles. The first-order valence-electron chi connectivity index (χ1n) is 12.3. The molecular formula is C28H28ClF3N2O5S. The van der Waals surface area contributed by atoms with Gasteiger partial charge in [0.2, 0.25) is 0 Å². The predicted octanol–water partition coefficient (Wildman–Crippen LogP) is 5.80. The Morgan fingerprint density at radius 1 is 0.925 bits per heavy atom. The van der Waals surface area contributed by atoms with Gasteiger partial charge in [0.1, 0.15) is 5.75 Å². The van der Waals surface area contributed by atoms with Crippen molar-refractivity contribution >= 4 is 33.3 Å². The second kappa shape index (κ2) is 12.7. The summed E-state index contributed by atoms with van der Waals surface area (Å²) in [5.41, 5.74) is -0.396. The Kier molecular flexibility index (Phi) is 9.86. The number of carbonyl (C=O) groups excluding carboxylic acids is 2. The van der Waals surface area contributed by atoms with Crippen LogP contribution in [0.4, 0.5) is 13.2 Å². The molecule has 7 nitrogen and oxygen atoms in total. The number of alkyl halides is 3. The van der Waals surface area contributed by atoms with Gasteiger partial charge in [-0.05, 0) is 67.4 Å². The van der Waals surface area contributed by atoms with E-state index in [1.807, 2.05) is 0 Å². The lowest BCUT2D eigenvalue weighted by atomic mass is 10.1. The van der Waals surface area contributed by atoms with Crippen LogP contribution in [0.5, 0.6) is 5.75 Å². The first kappa shape index (κ1) is 31.0. The van der Waals surface area contributed by atoms with Gasteiger partial charge in [0.25, 0.3) is 11.8 Å². The third-order valence-electron chi connectivity index (χ3n) is 5.78. The number of sulfone groups is 1. The van der Waals surface area contributed by atoms with Gasteiger partial charge in [-0.25, -0.2) is 8.42 Å². The molecule has 2 N–H and O–H groups in total. The highest BCUT2D eigenvalue weighted by Gasteiger charge is 2.33. The molecule has 0 spiro atoms. The topological polar surface area (TPSA) is 102 Å². The molecule has 12 heteroatoms. The van der Waals surface area contributed by atoms with E-state index in [0.29, 0.717) is 5.56 Å². The van der Waals surface area contributed by atoms with Crippen LogP contribution in [0.15, 0.2) is 65.6 Å². The smallest absolute Gasteiger partial charge is 0.416 e. The molecule has 40 heavy (non-hydrogen) atoms. The van der Waals surface area contributed by atoms with Gasteiger partial charge in [0.05, 0.1) is 27.9 Å². The van der Waals surface area contributed by atoms with Crippen LogP contribution in [0.3, 0.4) is 0 Å². The van der Waals surface area contributed by atoms with Crippen LogP contribution in [0, 0.1) is 0 Å². The Hall–Kier alpha value is -3.57. The lowest BCUT2D eigenvalue weighted by Crippen LogP contribution is -2.27. The van der Waals surface area contributed by atoms with E-state index < -0.39 is 39.9 Å². The van der Waals surface area contributed by atoms with Crippen molar-refractivity contribution in [3.63, 3.8) is 0 Å². The van der Waals surface area contributed by atoms with E-state index >= 15 is 0 Å². The number of benzene rings is 3. The van der Waals surface area contributed by atoms with Gasteiger partial charge in [0.15, 0.2) is 9.84 Å². The van der Waals surface area contributed by atoms with Gasteiger partial charge in [-0.15, -0.1) is 0 Å². The molecule has 3 rings (SSSR count). The summed E-state index contributed by atoms with van der Waals surface area (Å²) in [6.45, 7) is 4.68. The number of carbonyl (C=O) groups is 2. The zero-order chi connectivity index (χ0) is 29.7. The molecule has 2 amide bonds. The minimum Gasteiger partial charge on any atom is -0.490 e.